The Hall–Kier alpha value is -2.27. The number of piperidine rings is 1. The zero-order valence-corrected chi connectivity index (χ0v) is 16.3. The van der Waals surface area contributed by atoms with Gasteiger partial charge in [-0.25, -0.2) is 0 Å². The molecule has 5 heteroatoms. The summed E-state index contributed by atoms with van der Waals surface area (Å²) in [6.45, 7) is 7.86. The van der Waals surface area contributed by atoms with E-state index in [4.69, 9.17) is 4.42 Å². The summed E-state index contributed by atoms with van der Waals surface area (Å²) < 4.78 is 5.68. The molecule has 2 aromatic rings. The lowest BCUT2D eigenvalue weighted by Gasteiger charge is -2.31. The van der Waals surface area contributed by atoms with E-state index in [0.717, 1.165) is 62.6 Å². The van der Waals surface area contributed by atoms with E-state index in [-0.39, 0.29) is 11.9 Å². The quantitative estimate of drug-likeness (QED) is 0.852. The van der Waals surface area contributed by atoms with E-state index in [9.17, 15) is 4.79 Å². The molecular formula is C22H29N3O2. The van der Waals surface area contributed by atoms with E-state index >= 15 is 0 Å². The molecule has 0 aliphatic carbocycles. The first-order chi connectivity index (χ1) is 13.1. The summed E-state index contributed by atoms with van der Waals surface area (Å²) in [4.78, 5) is 15.0. The Bertz CT molecular complexity index is 806. The molecule has 0 spiro atoms. The molecule has 4 rings (SSSR count). The lowest BCUT2D eigenvalue weighted by molar-refractivity contribution is -0.122. The van der Waals surface area contributed by atoms with Crippen molar-refractivity contribution in [1.82, 2.24) is 10.2 Å². The summed E-state index contributed by atoms with van der Waals surface area (Å²) in [6, 6.07) is 10.3. The summed E-state index contributed by atoms with van der Waals surface area (Å²) >= 11 is 0. The molecule has 27 heavy (non-hydrogen) atoms. The van der Waals surface area contributed by atoms with Crippen molar-refractivity contribution < 1.29 is 9.21 Å². The Morgan fingerprint density at radius 3 is 2.78 bits per heavy atom. The van der Waals surface area contributed by atoms with Crippen LogP contribution in [0.5, 0.6) is 0 Å². The van der Waals surface area contributed by atoms with Gasteiger partial charge in [-0.05, 0) is 69.5 Å². The maximum Gasteiger partial charge on any atom is 0.242 e. The fourth-order valence-corrected chi connectivity index (χ4v) is 4.16. The van der Waals surface area contributed by atoms with Crippen molar-refractivity contribution in [3.63, 3.8) is 0 Å². The predicted molar refractivity (Wildman–Crippen MR) is 107 cm³/mol. The van der Waals surface area contributed by atoms with Gasteiger partial charge in [0.1, 0.15) is 17.6 Å². The number of amides is 1. The van der Waals surface area contributed by atoms with Gasteiger partial charge in [0, 0.05) is 18.7 Å². The number of carbonyl (C=O) groups is 1. The zero-order chi connectivity index (χ0) is 18.8. The molecule has 144 valence electrons. The number of nitrogens with zero attached hydrogens (tertiary/aromatic N) is 1. The van der Waals surface area contributed by atoms with Gasteiger partial charge >= 0.3 is 0 Å². The molecule has 2 N–H and O–H groups in total. The standard InChI is InChI=1S/C22H29N3O2/c1-15-3-6-20-18(11-15)12-21(24-20)22(26)23-13-17-7-9-25(10-8-17)14-19-5-4-16(2)27-19/h3-6,11,17,21,24H,7-10,12-14H2,1-2H3,(H,23,26)/t21-/m0/s1. The number of fused-ring (bicyclic) bond motifs is 1. The summed E-state index contributed by atoms with van der Waals surface area (Å²) in [5.74, 6) is 2.70. The van der Waals surface area contributed by atoms with Crippen LogP contribution >= 0.6 is 0 Å². The minimum atomic E-state index is -0.135. The second kappa shape index (κ2) is 7.77. The van der Waals surface area contributed by atoms with E-state index in [1.807, 2.05) is 13.0 Å². The number of anilines is 1. The number of likely N-dealkylation sites (tertiary alicyclic amines) is 1. The number of nitrogens with one attached hydrogen (secondary N) is 2. The summed E-state index contributed by atoms with van der Waals surface area (Å²) in [5, 5.41) is 6.53. The smallest absolute Gasteiger partial charge is 0.242 e. The number of furan rings is 1. The molecule has 1 atom stereocenters. The monoisotopic (exact) mass is 367 g/mol. The van der Waals surface area contributed by atoms with Gasteiger partial charge in [0.25, 0.3) is 0 Å². The van der Waals surface area contributed by atoms with Gasteiger partial charge in [0.2, 0.25) is 5.91 Å². The highest BCUT2D eigenvalue weighted by atomic mass is 16.3. The Balaban J connectivity index is 1.19. The molecule has 2 aliphatic heterocycles. The van der Waals surface area contributed by atoms with E-state index in [1.54, 1.807) is 0 Å². The molecule has 1 amide bonds. The molecule has 0 saturated carbocycles. The number of hydrogen-bond donors (Lipinski definition) is 2. The second-order valence-electron chi connectivity index (χ2n) is 8.04. The van der Waals surface area contributed by atoms with Crippen LogP contribution in [0.4, 0.5) is 5.69 Å². The molecule has 1 aromatic heterocycles. The van der Waals surface area contributed by atoms with Crippen LogP contribution in [0.3, 0.4) is 0 Å². The first kappa shape index (κ1) is 18.1. The van der Waals surface area contributed by atoms with Gasteiger partial charge < -0.3 is 15.1 Å². The van der Waals surface area contributed by atoms with E-state index < -0.39 is 0 Å². The number of hydrogen-bond acceptors (Lipinski definition) is 4. The first-order valence-corrected chi connectivity index (χ1v) is 9.98. The van der Waals surface area contributed by atoms with Crippen LogP contribution in [-0.2, 0) is 17.8 Å². The van der Waals surface area contributed by atoms with Crippen molar-refractivity contribution >= 4 is 11.6 Å². The van der Waals surface area contributed by atoms with Crippen LogP contribution in [0.25, 0.3) is 0 Å². The molecular weight excluding hydrogens is 338 g/mol. The average molecular weight is 367 g/mol. The topological polar surface area (TPSA) is 57.5 Å². The molecule has 1 fully saturated rings. The van der Waals surface area contributed by atoms with E-state index in [0.29, 0.717) is 5.92 Å². The van der Waals surface area contributed by atoms with Crippen LogP contribution in [0.15, 0.2) is 34.7 Å². The average Bonchev–Trinajstić information content (AvgIpc) is 3.26. The van der Waals surface area contributed by atoms with Gasteiger partial charge in [0.05, 0.1) is 6.54 Å². The maximum atomic E-state index is 12.6. The minimum Gasteiger partial charge on any atom is -0.465 e. The van der Waals surface area contributed by atoms with Gasteiger partial charge in [-0.15, -0.1) is 0 Å². The lowest BCUT2D eigenvalue weighted by atomic mass is 9.96. The molecule has 0 unspecified atom stereocenters. The molecule has 2 aliphatic rings. The van der Waals surface area contributed by atoms with E-state index in [1.165, 1.54) is 11.1 Å². The zero-order valence-electron chi connectivity index (χ0n) is 16.3. The summed E-state index contributed by atoms with van der Waals surface area (Å²) in [7, 11) is 0. The third-order valence-corrected chi connectivity index (χ3v) is 5.78. The van der Waals surface area contributed by atoms with Gasteiger partial charge in [0.15, 0.2) is 0 Å². The third-order valence-electron chi connectivity index (χ3n) is 5.78. The number of aryl methyl sites for hydroxylation is 2. The molecule has 1 saturated heterocycles. The fraction of sp³-hybridized carbons (Fsp3) is 0.500. The van der Waals surface area contributed by atoms with Crippen LogP contribution in [-0.4, -0.2) is 36.5 Å². The van der Waals surface area contributed by atoms with Crippen molar-refractivity contribution in [2.45, 2.75) is 45.7 Å². The van der Waals surface area contributed by atoms with Gasteiger partial charge in [-0.3, -0.25) is 9.69 Å². The van der Waals surface area contributed by atoms with Crippen molar-refractivity contribution in [1.29, 1.82) is 0 Å². The lowest BCUT2D eigenvalue weighted by Crippen LogP contribution is -2.43. The van der Waals surface area contributed by atoms with E-state index in [2.05, 4.69) is 46.7 Å². The Labute approximate surface area is 161 Å². The van der Waals surface area contributed by atoms with Crippen molar-refractivity contribution in [2.75, 3.05) is 25.0 Å². The summed E-state index contributed by atoms with van der Waals surface area (Å²) in [5.41, 5.74) is 3.59. The largest absolute Gasteiger partial charge is 0.465 e. The fourth-order valence-electron chi connectivity index (χ4n) is 4.16. The normalized spacial score (nSPS) is 20.3. The Kier molecular flexibility index (Phi) is 5.21. The highest BCUT2D eigenvalue weighted by Crippen LogP contribution is 2.27. The number of rotatable bonds is 5. The molecule has 1 aromatic carbocycles. The Morgan fingerprint density at radius 2 is 2.04 bits per heavy atom. The van der Waals surface area contributed by atoms with Gasteiger partial charge in [-0.2, -0.15) is 0 Å². The highest BCUT2D eigenvalue weighted by Gasteiger charge is 2.27. The van der Waals surface area contributed by atoms with Crippen LogP contribution in [0.2, 0.25) is 0 Å². The molecule has 5 nitrogen and oxygen atoms in total. The number of carbonyl (C=O) groups excluding carboxylic acids is 1. The van der Waals surface area contributed by atoms with Gasteiger partial charge in [-0.1, -0.05) is 17.7 Å². The van der Waals surface area contributed by atoms with Crippen LogP contribution in [0.1, 0.15) is 35.5 Å². The minimum absolute atomic E-state index is 0.123. The SMILES string of the molecule is Cc1ccc2c(c1)C[C@@H](C(=O)NCC1CCN(Cc3ccc(C)o3)CC1)N2. The van der Waals surface area contributed by atoms with Crippen molar-refractivity contribution in [3.05, 3.63) is 53.0 Å². The second-order valence-corrected chi connectivity index (χ2v) is 8.04. The van der Waals surface area contributed by atoms with Crippen molar-refractivity contribution in [3.8, 4) is 0 Å². The van der Waals surface area contributed by atoms with Crippen molar-refractivity contribution in [2.24, 2.45) is 5.92 Å². The Morgan fingerprint density at radius 1 is 1.22 bits per heavy atom. The predicted octanol–water partition coefficient (Wildman–Crippen LogP) is 3.26. The molecule has 0 radical (unpaired) electrons. The third kappa shape index (κ3) is 4.35. The highest BCUT2D eigenvalue weighted by molar-refractivity contribution is 5.87. The first-order valence-electron chi connectivity index (χ1n) is 9.98. The molecule has 0 bridgehead atoms. The maximum absolute atomic E-state index is 12.6. The van der Waals surface area contributed by atoms with Crippen LogP contribution in [0, 0.1) is 19.8 Å². The molecule has 3 heterocycles. The number of benzene rings is 1. The van der Waals surface area contributed by atoms with Crippen LogP contribution < -0.4 is 10.6 Å². The summed E-state index contributed by atoms with van der Waals surface area (Å²) in [6.07, 6.45) is 3.03.